The molecule has 1 aromatic heterocycles. The Morgan fingerprint density at radius 1 is 1.31 bits per heavy atom. The molecule has 0 spiro atoms. The summed E-state index contributed by atoms with van der Waals surface area (Å²) in [4.78, 5) is 14.7. The van der Waals surface area contributed by atoms with Crippen LogP contribution in [-0.2, 0) is 16.1 Å². The molecule has 140 valence electrons. The van der Waals surface area contributed by atoms with Gasteiger partial charge in [0.05, 0.1) is 18.5 Å². The normalized spacial score (nSPS) is 15.7. The fraction of sp³-hybridized carbons (Fsp3) is 0.500. The second-order valence-electron chi connectivity index (χ2n) is 6.19. The first-order valence-electron chi connectivity index (χ1n) is 8.89. The zero-order valence-corrected chi connectivity index (χ0v) is 16.3. The third-order valence-corrected chi connectivity index (χ3v) is 5.44. The van der Waals surface area contributed by atoms with Crippen LogP contribution in [0.25, 0.3) is 0 Å². The van der Waals surface area contributed by atoms with E-state index in [0.717, 1.165) is 42.0 Å². The molecule has 1 amide bonds. The first kappa shape index (κ1) is 18.7. The van der Waals surface area contributed by atoms with Gasteiger partial charge in [-0.05, 0) is 32.4 Å². The number of rotatable bonds is 6. The van der Waals surface area contributed by atoms with Crippen LogP contribution in [0.15, 0.2) is 29.4 Å². The van der Waals surface area contributed by atoms with E-state index in [1.165, 1.54) is 11.8 Å². The van der Waals surface area contributed by atoms with Crippen molar-refractivity contribution in [3.63, 3.8) is 0 Å². The average Bonchev–Trinajstić information content (AvgIpc) is 3.06. The number of aromatic nitrogens is 3. The number of carbonyl (C=O) groups excluding carboxylic acids is 1. The molecule has 1 aliphatic heterocycles. The number of benzene rings is 1. The third kappa shape index (κ3) is 4.19. The molecule has 26 heavy (non-hydrogen) atoms. The van der Waals surface area contributed by atoms with Gasteiger partial charge in [-0.15, -0.1) is 10.2 Å². The minimum absolute atomic E-state index is 0.0390. The lowest BCUT2D eigenvalue weighted by Crippen LogP contribution is -2.38. The molecule has 1 aromatic carbocycles. The highest BCUT2D eigenvalue weighted by molar-refractivity contribution is 8.00. The molecule has 2 heterocycles. The van der Waals surface area contributed by atoms with Crippen LogP contribution in [0.5, 0.6) is 0 Å². The molecule has 1 aliphatic rings. The number of nitrogens with zero attached hydrogens (tertiary/aromatic N) is 4. The van der Waals surface area contributed by atoms with Gasteiger partial charge in [-0.2, -0.15) is 0 Å². The van der Waals surface area contributed by atoms with E-state index in [9.17, 15) is 4.79 Å². The summed E-state index contributed by atoms with van der Waals surface area (Å²) in [6, 6.07) is 7.77. The van der Waals surface area contributed by atoms with Gasteiger partial charge < -0.3 is 15.0 Å². The van der Waals surface area contributed by atoms with E-state index in [0.29, 0.717) is 13.2 Å². The Bertz CT molecular complexity index is 758. The standard InChI is InChI=1S/C18H25N5O2S/c1-4-23-17(22-9-11-25-12-10-22)20-21-18(23)26-14(3)16(24)19-15-8-6-5-7-13(15)2/h5-8,14H,4,9-12H2,1-3H3,(H,19,24). The second-order valence-corrected chi connectivity index (χ2v) is 7.50. The van der Waals surface area contributed by atoms with E-state index in [2.05, 4.69) is 31.9 Å². The molecule has 8 heteroatoms. The summed E-state index contributed by atoms with van der Waals surface area (Å²) in [6.45, 7) is 9.72. The molecule has 1 unspecified atom stereocenters. The molecule has 0 radical (unpaired) electrons. The van der Waals surface area contributed by atoms with Crippen molar-refractivity contribution < 1.29 is 9.53 Å². The summed E-state index contributed by atoms with van der Waals surface area (Å²) in [5, 5.41) is 12.2. The molecule has 1 atom stereocenters. The number of nitrogens with one attached hydrogen (secondary N) is 1. The minimum Gasteiger partial charge on any atom is -0.378 e. The van der Waals surface area contributed by atoms with Crippen LogP contribution in [0, 0.1) is 6.92 Å². The van der Waals surface area contributed by atoms with Crippen LogP contribution in [0.2, 0.25) is 0 Å². The number of aryl methyl sites for hydroxylation is 1. The third-order valence-electron chi connectivity index (χ3n) is 4.36. The molecule has 1 N–H and O–H groups in total. The Labute approximate surface area is 158 Å². The number of para-hydroxylation sites is 1. The van der Waals surface area contributed by atoms with Gasteiger partial charge in [0.15, 0.2) is 5.16 Å². The molecular weight excluding hydrogens is 350 g/mol. The molecule has 1 saturated heterocycles. The number of morpholine rings is 1. The molecular formula is C18H25N5O2S. The zero-order valence-electron chi connectivity index (χ0n) is 15.4. The maximum Gasteiger partial charge on any atom is 0.237 e. The SMILES string of the molecule is CCn1c(SC(C)C(=O)Nc2ccccc2C)nnc1N1CCOCC1. The predicted molar refractivity (Wildman–Crippen MR) is 104 cm³/mol. The summed E-state index contributed by atoms with van der Waals surface area (Å²) in [6.07, 6.45) is 0. The number of hydrogen-bond acceptors (Lipinski definition) is 6. The van der Waals surface area contributed by atoms with Crippen molar-refractivity contribution in [2.45, 2.75) is 37.7 Å². The number of anilines is 2. The molecule has 7 nitrogen and oxygen atoms in total. The summed E-state index contributed by atoms with van der Waals surface area (Å²) in [7, 11) is 0. The van der Waals surface area contributed by atoms with Gasteiger partial charge in [0.1, 0.15) is 0 Å². The van der Waals surface area contributed by atoms with Crippen molar-refractivity contribution in [2.24, 2.45) is 0 Å². The van der Waals surface area contributed by atoms with Crippen molar-refractivity contribution in [3.8, 4) is 0 Å². The molecule has 0 bridgehead atoms. The topological polar surface area (TPSA) is 72.3 Å². The van der Waals surface area contributed by atoms with Gasteiger partial charge in [-0.3, -0.25) is 9.36 Å². The Morgan fingerprint density at radius 2 is 2.04 bits per heavy atom. The number of hydrogen-bond donors (Lipinski definition) is 1. The maximum absolute atomic E-state index is 12.6. The van der Waals surface area contributed by atoms with Crippen LogP contribution >= 0.6 is 11.8 Å². The van der Waals surface area contributed by atoms with Gasteiger partial charge in [0.2, 0.25) is 11.9 Å². The van der Waals surface area contributed by atoms with Crippen LogP contribution in [0.1, 0.15) is 19.4 Å². The van der Waals surface area contributed by atoms with E-state index in [1.807, 2.05) is 38.1 Å². The first-order valence-corrected chi connectivity index (χ1v) is 9.77. The first-order chi connectivity index (χ1) is 12.6. The van der Waals surface area contributed by atoms with E-state index in [4.69, 9.17) is 4.74 Å². The van der Waals surface area contributed by atoms with Crippen molar-refractivity contribution >= 4 is 29.3 Å². The Hall–Kier alpha value is -2.06. The quantitative estimate of drug-likeness (QED) is 0.783. The zero-order chi connectivity index (χ0) is 18.5. The van der Waals surface area contributed by atoms with Gasteiger partial charge in [0, 0.05) is 25.3 Å². The van der Waals surface area contributed by atoms with Crippen molar-refractivity contribution in [3.05, 3.63) is 29.8 Å². The van der Waals surface area contributed by atoms with Gasteiger partial charge in [0.25, 0.3) is 0 Å². The van der Waals surface area contributed by atoms with E-state index >= 15 is 0 Å². The van der Waals surface area contributed by atoms with Crippen molar-refractivity contribution in [1.82, 2.24) is 14.8 Å². The number of amides is 1. The van der Waals surface area contributed by atoms with Crippen LogP contribution in [0.4, 0.5) is 11.6 Å². The van der Waals surface area contributed by atoms with Crippen molar-refractivity contribution in [1.29, 1.82) is 0 Å². The lowest BCUT2D eigenvalue weighted by atomic mass is 10.2. The highest BCUT2D eigenvalue weighted by Crippen LogP contribution is 2.27. The molecule has 1 fully saturated rings. The summed E-state index contributed by atoms with van der Waals surface area (Å²) in [5.41, 5.74) is 1.89. The lowest BCUT2D eigenvalue weighted by molar-refractivity contribution is -0.115. The molecule has 0 saturated carbocycles. The van der Waals surface area contributed by atoms with Crippen molar-refractivity contribution in [2.75, 3.05) is 36.5 Å². The lowest BCUT2D eigenvalue weighted by Gasteiger charge is -2.27. The van der Waals surface area contributed by atoms with Crippen LogP contribution in [-0.4, -0.2) is 52.2 Å². The summed E-state index contributed by atoms with van der Waals surface area (Å²) in [5.74, 6) is 0.813. The van der Waals surface area contributed by atoms with E-state index in [-0.39, 0.29) is 11.2 Å². The maximum atomic E-state index is 12.6. The fourth-order valence-corrected chi connectivity index (χ4v) is 3.71. The average molecular weight is 375 g/mol. The Morgan fingerprint density at radius 3 is 2.73 bits per heavy atom. The van der Waals surface area contributed by atoms with E-state index < -0.39 is 0 Å². The van der Waals surface area contributed by atoms with E-state index in [1.54, 1.807) is 0 Å². The largest absolute Gasteiger partial charge is 0.378 e. The number of carbonyl (C=O) groups is 1. The second kappa shape index (κ2) is 8.55. The molecule has 0 aliphatic carbocycles. The van der Waals surface area contributed by atoms with Gasteiger partial charge >= 0.3 is 0 Å². The Kier molecular flexibility index (Phi) is 6.16. The monoisotopic (exact) mass is 375 g/mol. The van der Waals surface area contributed by atoms with Gasteiger partial charge in [-0.25, -0.2) is 0 Å². The highest BCUT2D eigenvalue weighted by atomic mass is 32.2. The highest BCUT2D eigenvalue weighted by Gasteiger charge is 2.23. The van der Waals surface area contributed by atoms with Crippen LogP contribution in [0.3, 0.4) is 0 Å². The number of thioether (sulfide) groups is 1. The molecule has 3 rings (SSSR count). The summed E-state index contributed by atoms with van der Waals surface area (Å²) < 4.78 is 7.47. The smallest absolute Gasteiger partial charge is 0.237 e. The molecule has 2 aromatic rings. The fourth-order valence-electron chi connectivity index (χ4n) is 2.80. The summed E-state index contributed by atoms with van der Waals surface area (Å²) >= 11 is 1.43. The van der Waals surface area contributed by atoms with Crippen LogP contribution < -0.4 is 10.2 Å². The van der Waals surface area contributed by atoms with Gasteiger partial charge in [-0.1, -0.05) is 30.0 Å². The number of ether oxygens (including phenoxy) is 1. The Balaban J connectivity index is 1.68. The minimum atomic E-state index is -0.276. The predicted octanol–water partition coefficient (Wildman–Crippen LogP) is 2.56.